The zero-order valence-corrected chi connectivity index (χ0v) is 11.8. The number of piperidine rings is 1. The van der Waals surface area contributed by atoms with Crippen LogP contribution < -0.4 is 0 Å². The van der Waals surface area contributed by atoms with Gasteiger partial charge < -0.3 is 15.0 Å². The average molecular weight is 328 g/mol. The second-order valence-electron chi connectivity index (χ2n) is 5.18. The molecule has 102 valence electrons. The van der Waals surface area contributed by atoms with E-state index in [4.69, 9.17) is 0 Å². The summed E-state index contributed by atoms with van der Waals surface area (Å²) in [6.07, 6.45) is 3.98. The van der Waals surface area contributed by atoms with Crippen LogP contribution in [0.1, 0.15) is 36.2 Å². The van der Waals surface area contributed by atoms with Crippen molar-refractivity contribution in [3.8, 4) is 0 Å². The highest BCUT2D eigenvalue weighted by atomic mass is 79.9. The molecule has 2 atom stereocenters. The standard InChI is InChI=1S/C12H14BrN3O3/c13-7-5-8-1-2-9(6-7)15(8)12(17)10-3-4-11(14-10)16(18)19/h3-4,7-9,14H,1-2,5-6H2. The fourth-order valence-electron chi connectivity index (χ4n) is 3.20. The Bertz CT molecular complexity index is 516. The number of nitrogens with one attached hydrogen (secondary N) is 1. The zero-order chi connectivity index (χ0) is 13.6. The second kappa shape index (κ2) is 4.63. The molecule has 1 aromatic rings. The summed E-state index contributed by atoms with van der Waals surface area (Å²) >= 11 is 3.63. The molecule has 0 saturated carbocycles. The quantitative estimate of drug-likeness (QED) is 0.514. The number of hydrogen-bond donors (Lipinski definition) is 1. The molecule has 0 radical (unpaired) electrons. The van der Waals surface area contributed by atoms with Gasteiger partial charge >= 0.3 is 5.82 Å². The summed E-state index contributed by atoms with van der Waals surface area (Å²) in [5.74, 6) is -0.244. The first kappa shape index (κ1) is 12.7. The molecule has 2 fully saturated rings. The average Bonchev–Trinajstić information content (AvgIpc) is 2.93. The summed E-state index contributed by atoms with van der Waals surface area (Å²) in [6, 6.07) is 3.36. The maximum Gasteiger partial charge on any atom is 0.321 e. The summed E-state index contributed by atoms with van der Waals surface area (Å²) < 4.78 is 0. The third-order valence-corrected chi connectivity index (χ3v) is 4.76. The molecule has 0 aromatic carbocycles. The van der Waals surface area contributed by atoms with Crippen molar-refractivity contribution in [1.82, 2.24) is 9.88 Å². The van der Waals surface area contributed by atoms with Gasteiger partial charge in [-0.3, -0.25) is 4.79 Å². The Hall–Kier alpha value is -1.37. The van der Waals surface area contributed by atoms with Crippen LogP contribution in [0.5, 0.6) is 0 Å². The predicted octanol–water partition coefficient (Wildman–Crippen LogP) is 2.45. The van der Waals surface area contributed by atoms with Crippen molar-refractivity contribution in [1.29, 1.82) is 0 Å². The van der Waals surface area contributed by atoms with Gasteiger partial charge in [0.05, 0.1) is 0 Å². The van der Waals surface area contributed by atoms with Crippen LogP contribution in [-0.2, 0) is 0 Å². The highest BCUT2D eigenvalue weighted by Crippen LogP contribution is 2.39. The van der Waals surface area contributed by atoms with Crippen LogP contribution in [0, 0.1) is 10.1 Å². The van der Waals surface area contributed by atoms with E-state index in [1.54, 1.807) is 0 Å². The van der Waals surface area contributed by atoms with Gasteiger partial charge in [-0.25, -0.2) is 4.98 Å². The normalized spacial score (nSPS) is 29.5. The Balaban J connectivity index is 1.82. The van der Waals surface area contributed by atoms with Gasteiger partial charge in [0.1, 0.15) is 0 Å². The summed E-state index contributed by atoms with van der Waals surface area (Å²) in [7, 11) is 0. The topological polar surface area (TPSA) is 79.2 Å². The number of alkyl halides is 1. The minimum atomic E-state index is -0.518. The minimum Gasteiger partial charge on any atom is -0.358 e. The van der Waals surface area contributed by atoms with Gasteiger partial charge in [0.25, 0.3) is 5.91 Å². The number of hydrogen-bond acceptors (Lipinski definition) is 3. The maximum atomic E-state index is 12.5. The number of carbonyl (C=O) groups excluding carboxylic acids is 1. The van der Waals surface area contributed by atoms with Gasteiger partial charge in [-0.1, -0.05) is 15.9 Å². The molecule has 2 saturated heterocycles. The van der Waals surface area contributed by atoms with Crippen molar-refractivity contribution >= 4 is 27.7 Å². The number of nitro groups is 1. The van der Waals surface area contributed by atoms with Crippen LogP contribution >= 0.6 is 15.9 Å². The molecule has 1 amide bonds. The van der Waals surface area contributed by atoms with Crippen molar-refractivity contribution in [2.45, 2.75) is 42.6 Å². The van der Waals surface area contributed by atoms with Gasteiger partial charge in [-0.05, 0) is 36.7 Å². The van der Waals surface area contributed by atoms with E-state index < -0.39 is 4.92 Å². The Kier molecular flexibility index (Phi) is 3.08. The van der Waals surface area contributed by atoms with Crippen LogP contribution in [0.4, 0.5) is 5.82 Å². The van der Waals surface area contributed by atoms with Crippen molar-refractivity contribution in [2.24, 2.45) is 0 Å². The van der Waals surface area contributed by atoms with E-state index in [2.05, 4.69) is 20.9 Å². The Morgan fingerprint density at radius 3 is 2.53 bits per heavy atom. The molecule has 3 heterocycles. The minimum absolute atomic E-state index is 0.111. The number of rotatable bonds is 2. The van der Waals surface area contributed by atoms with Crippen LogP contribution in [-0.4, -0.2) is 37.6 Å². The third-order valence-electron chi connectivity index (χ3n) is 4.01. The van der Waals surface area contributed by atoms with Gasteiger partial charge in [-0.15, -0.1) is 0 Å². The number of carbonyl (C=O) groups is 1. The van der Waals surface area contributed by atoms with E-state index in [0.29, 0.717) is 10.5 Å². The number of H-pyrrole nitrogens is 1. The molecule has 0 aliphatic carbocycles. The van der Waals surface area contributed by atoms with E-state index in [0.717, 1.165) is 25.7 Å². The fraction of sp³-hybridized carbons (Fsp3) is 0.583. The van der Waals surface area contributed by atoms with Gasteiger partial charge in [0.2, 0.25) is 0 Å². The van der Waals surface area contributed by atoms with Crippen LogP contribution in [0.2, 0.25) is 0 Å². The molecule has 0 spiro atoms. The van der Waals surface area contributed by atoms with Crippen molar-refractivity contribution in [3.05, 3.63) is 27.9 Å². The summed E-state index contributed by atoms with van der Waals surface area (Å²) in [6.45, 7) is 0. The van der Waals surface area contributed by atoms with Gasteiger partial charge in [0.15, 0.2) is 5.69 Å². The molecule has 3 rings (SSSR count). The molecule has 2 aliphatic rings. The Labute approximate surface area is 118 Å². The summed E-state index contributed by atoms with van der Waals surface area (Å²) in [5.41, 5.74) is 0.316. The fourth-order valence-corrected chi connectivity index (χ4v) is 4.06. The maximum absolute atomic E-state index is 12.5. The lowest BCUT2D eigenvalue weighted by Crippen LogP contribution is -2.46. The van der Waals surface area contributed by atoms with Crippen LogP contribution in [0.15, 0.2) is 12.1 Å². The smallest absolute Gasteiger partial charge is 0.321 e. The highest BCUT2D eigenvalue weighted by molar-refractivity contribution is 9.09. The van der Waals surface area contributed by atoms with Gasteiger partial charge in [0, 0.05) is 23.0 Å². The lowest BCUT2D eigenvalue weighted by molar-refractivity contribution is -0.389. The largest absolute Gasteiger partial charge is 0.358 e. The number of aromatic nitrogens is 1. The van der Waals surface area contributed by atoms with Crippen molar-refractivity contribution in [2.75, 3.05) is 0 Å². The van der Waals surface area contributed by atoms with Crippen molar-refractivity contribution < 1.29 is 9.72 Å². The first-order chi connectivity index (χ1) is 9.06. The summed E-state index contributed by atoms with van der Waals surface area (Å²) in [4.78, 5) is 27.6. The zero-order valence-electron chi connectivity index (χ0n) is 10.2. The van der Waals surface area contributed by atoms with Gasteiger partial charge in [-0.2, -0.15) is 0 Å². The number of amides is 1. The highest BCUT2D eigenvalue weighted by Gasteiger charge is 2.43. The third kappa shape index (κ3) is 2.16. The van der Waals surface area contributed by atoms with Crippen molar-refractivity contribution in [3.63, 3.8) is 0 Å². The number of aromatic amines is 1. The first-order valence-electron chi connectivity index (χ1n) is 6.36. The second-order valence-corrected chi connectivity index (χ2v) is 6.48. The number of nitrogens with zero attached hydrogens (tertiary/aromatic N) is 2. The first-order valence-corrected chi connectivity index (χ1v) is 7.28. The number of fused-ring (bicyclic) bond motifs is 2. The SMILES string of the molecule is O=C(c1ccc([N+](=O)[O-])[nH]1)N1C2CCC1CC(Br)C2. The molecule has 2 aliphatic heterocycles. The summed E-state index contributed by atoms with van der Waals surface area (Å²) in [5, 5.41) is 10.6. The molecular formula is C12H14BrN3O3. The lowest BCUT2D eigenvalue weighted by Gasteiger charge is -2.36. The molecule has 2 bridgehead atoms. The van der Waals surface area contributed by atoms with Crippen LogP contribution in [0.3, 0.4) is 0 Å². The number of halogens is 1. The Morgan fingerprint density at radius 2 is 2.00 bits per heavy atom. The lowest BCUT2D eigenvalue weighted by atomic mass is 10.0. The predicted molar refractivity (Wildman–Crippen MR) is 72.4 cm³/mol. The monoisotopic (exact) mass is 327 g/mol. The molecule has 1 aromatic heterocycles. The molecule has 2 unspecified atom stereocenters. The molecule has 7 heteroatoms. The van der Waals surface area contributed by atoms with E-state index in [-0.39, 0.29) is 23.8 Å². The molecule has 6 nitrogen and oxygen atoms in total. The van der Waals surface area contributed by atoms with E-state index in [1.807, 2.05) is 4.90 Å². The van der Waals surface area contributed by atoms with Crippen LogP contribution in [0.25, 0.3) is 0 Å². The Morgan fingerprint density at radius 1 is 1.37 bits per heavy atom. The molecule has 1 N–H and O–H groups in total. The van der Waals surface area contributed by atoms with E-state index >= 15 is 0 Å². The van der Waals surface area contributed by atoms with E-state index in [1.165, 1.54) is 12.1 Å². The van der Waals surface area contributed by atoms with E-state index in [9.17, 15) is 14.9 Å². The molecule has 19 heavy (non-hydrogen) atoms. The molecular weight excluding hydrogens is 314 g/mol.